The smallest absolute Gasteiger partial charge is 0.0721 e. The van der Waals surface area contributed by atoms with E-state index >= 15 is 0 Å². The molecule has 1 aromatic heterocycles. The fourth-order valence-corrected chi connectivity index (χ4v) is 2.67. The number of nitrogen functional groups attached to an aromatic ring is 1. The Morgan fingerprint density at radius 1 is 1.37 bits per heavy atom. The van der Waals surface area contributed by atoms with Crippen LogP contribution in [0.4, 0.5) is 11.4 Å². The number of anilines is 2. The second-order valence-electron chi connectivity index (χ2n) is 5.08. The van der Waals surface area contributed by atoms with Crippen LogP contribution in [0.3, 0.4) is 0 Å². The molecular formula is C15H19N3O. The van der Waals surface area contributed by atoms with Crippen LogP contribution >= 0.6 is 0 Å². The predicted octanol–water partition coefficient (Wildman–Crippen LogP) is 2.43. The van der Waals surface area contributed by atoms with E-state index in [9.17, 15) is 0 Å². The molecule has 1 saturated heterocycles. The second kappa shape index (κ2) is 5.05. The summed E-state index contributed by atoms with van der Waals surface area (Å²) in [6.07, 6.45) is 4.92. The van der Waals surface area contributed by atoms with Gasteiger partial charge in [0.15, 0.2) is 0 Å². The van der Waals surface area contributed by atoms with Crippen molar-refractivity contribution < 1.29 is 4.74 Å². The third kappa shape index (κ3) is 2.36. The summed E-state index contributed by atoms with van der Waals surface area (Å²) in [4.78, 5) is 6.46. The first-order chi connectivity index (χ1) is 9.25. The molecule has 4 nitrogen and oxygen atoms in total. The number of fused-ring (bicyclic) bond motifs is 1. The molecule has 4 heteroatoms. The average molecular weight is 257 g/mol. The fraction of sp³-hybridized carbons (Fsp3) is 0.400. The summed E-state index contributed by atoms with van der Waals surface area (Å²) < 4.78 is 5.69. The van der Waals surface area contributed by atoms with Gasteiger partial charge in [-0.05, 0) is 25.5 Å². The number of ether oxygens (including phenoxy) is 1. The van der Waals surface area contributed by atoms with Crippen LogP contribution in [0.5, 0.6) is 0 Å². The van der Waals surface area contributed by atoms with Crippen LogP contribution < -0.4 is 10.6 Å². The van der Waals surface area contributed by atoms with Crippen LogP contribution in [-0.4, -0.2) is 30.8 Å². The lowest BCUT2D eigenvalue weighted by Gasteiger charge is -2.26. The third-order valence-electron chi connectivity index (χ3n) is 3.63. The molecule has 1 aromatic carbocycles. The van der Waals surface area contributed by atoms with Gasteiger partial charge in [-0.25, -0.2) is 0 Å². The van der Waals surface area contributed by atoms with Gasteiger partial charge in [-0.15, -0.1) is 0 Å². The maximum absolute atomic E-state index is 6.34. The molecule has 0 spiro atoms. The third-order valence-corrected chi connectivity index (χ3v) is 3.63. The molecule has 1 fully saturated rings. The van der Waals surface area contributed by atoms with Crippen LogP contribution in [0, 0.1) is 0 Å². The molecule has 1 unspecified atom stereocenters. The van der Waals surface area contributed by atoms with Gasteiger partial charge in [0.2, 0.25) is 0 Å². The van der Waals surface area contributed by atoms with E-state index in [4.69, 9.17) is 10.5 Å². The molecule has 1 aliphatic heterocycles. The number of rotatable bonds is 1. The number of hydrogen-bond donors (Lipinski definition) is 1. The molecule has 0 aliphatic carbocycles. The molecule has 2 aromatic rings. The largest absolute Gasteiger partial charge is 0.397 e. The molecule has 19 heavy (non-hydrogen) atoms. The van der Waals surface area contributed by atoms with E-state index in [0.29, 0.717) is 0 Å². The minimum Gasteiger partial charge on any atom is -0.397 e. The first-order valence-electron chi connectivity index (χ1n) is 6.74. The SMILES string of the molecule is CC1CN(c2ccc3cnccc3c2N)CCCO1. The zero-order valence-electron chi connectivity index (χ0n) is 11.2. The van der Waals surface area contributed by atoms with Crippen LogP contribution in [-0.2, 0) is 4.74 Å². The summed E-state index contributed by atoms with van der Waals surface area (Å²) in [6.45, 7) is 4.82. The maximum Gasteiger partial charge on any atom is 0.0721 e. The lowest BCUT2D eigenvalue weighted by Crippen LogP contribution is -2.30. The molecule has 3 rings (SSSR count). The molecule has 0 bridgehead atoms. The van der Waals surface area contributed by atoms with Crippen molar-refractivity contribution in [3.63, 3.8) is 0 Å². The van der Waals surface area contributed by atoms with E-state index in [-0.39, 0.29) is 6.10 Å². The van der Waals surface area contributed by atoms with Gasteiger partial charge in [-0.2, -0.15) is 0 Å². The zero-order valence-corrected chi connectivity index (χ0v) is 11.2. The van der Waals surface area contributed by atoms with Gasteiger partial charge in [0, 0.05) is 42.9 Å². The van der Waals surface area contributed by atoms with E-state index in [2.05, 4.69) is 28.9 Å². The summed E-state index contributed by atoms with van der Waals surface area (Å²) in [5.74, 6) is 0. The Kier molecular flexibility index (Phi) is 3.25. The molecular weight excluding hydrogens is 238 g/mol. The Labute approximate surface area is 113 Å². The van der Waals surface area contributed by atoms with E-state index in [1.165, 1.54) is 0 Å². The Morgan fingerprint density at radius 2 is 2.26 bits per heavy atom. The molecule has 2 N–H and O–H groups in total. The zero-order chi connectivity index (χ0) is 13.2. The van der Waals surface area contributed by atoms with Gasteiger partial charge in [0.05, 0.1) is 17.5 Å². The van der Waals surface area contributed by atoms with Crippen molar-refractivity contribution in [3.8, 4) is 0 Å². The minimum atomic E-state index is 0.245. The van der Waals surface area contributed by atoms with E-state index in [0.717, 1.165) is 48.3 Å². The molecule has 0 saturated carbocycles. The van der Waals surface area contributed by atoms with Gasteiger partial charge in [0.25, 0.3) is 0 Å². The normalized spacial score (nSPS) is 20.5. The van der Waals surface area contributed by atoms with Crippen molar-refractivity contribution in [1.82, 2.24) is 4.98 Å². The molecule has 0 radical (unpaired) electrons. The van der Waals surface area contributed by atoms with Crippen LogP contribution in [0.15, 0.2) is 30.6 Å². The van der Waals surface area contributed by atoms with Crippen molar-refractivity contribution in [2.75, 3.05) is 30.3 Å². The number of benzene rings is 1. The van der Waals surface area contributed by atoms with E-state index in [1.807, 2.05) is 12.3 Å². The minimum absolute atomic E-state index is 0.245. The summed E-state index contributed by atoms with van der Waals surface area (Å²) in [7, 11) is 0. The summed E-state index contributed by atoms with van der Waals surface area (Å²) in [5.41, 5.74) is 8.29. The number of aromatic nitrogens is 1. The maximum atomic E-state index is 6.34. The number of nitrogens with zero attached hydrogens (tertiary/aromatic N) is 2. The fourth-order valence-electron chi connectivity index (χ4n) is 2.67. The summed E-state index contributed by atoms with van der Waals surface area (Å²) in [5, 5.41) is 2.16. The average Bonchev–Trinajstić information content (AvgIpc) is 2.64. The highest BCUT2D eigenvalue weighted by Gasteiger charge is 2.18. The standard InChI is InChI=1S/C15H19N3O/c1-11-10-18(7-2-8-19-11)14-4-3-12-9-17-6-5-13(12)15(14)16/h3-6,9,11H,2,7-8,10,16H2,1H3. The van der Waals surface area contributed by atoms with Crippen molar-refractivity contribution in [2.45, 2.75) is 19.4 Å². The van der Waals surface area contributed by atoms with Gasteiger partial charge < -0.3 is 15.4 Å². The molecule has 1 aliphatic rings. The topological polar surface area (TPSA) is 51.4 Å². The molecule has 1 atom stereocenters. The first-order valence-corrected chi connectivity index (χ1v) is 6.74. The van der Waals surface area contributed by atoms with Crippen molar-refractivity contribution in [2.24, 2.45) is 0 Å². The van der Waals surface area contributed by atoms with Crippen molar-refractivity contribution in [3.05, 3.63) is 30.6 Å². The highest BCUT2D eigenvalue weighted by atomic mass is 16.5. The van der Waals surface area contributed by atoms with E-state index in [1.54, 1.807) is 6.20 Å². The highest BCUT2D eigenvalue weighted by Crippen LogP contribution is 2.31. The number of pyridine rings is 1. The van der Waals surface area contributed by atoms with Crippen molar-refractivity contribution >= 4 is 22.1 Å². The van der Waals surface area contributed by atoms with Gasteiger partial charge in [-0.3, -0.25) is 4.98 Å². The second-order valence-corrected chi connectivity index (χ2v) is 5.08. The Balaban J connectivity index is 2.02. The Bertz CT molecular complexity index is 585. The van der Waals surface area contributed by atoms with Gasteiger partial charge in [-0.1, -0.05) is 6.07 Å². The number of nitrogens with two attached hydrogens (primary N) is 1. The van der Waals surface area contributed by atoms with Gasteiger partial charge in [0.1, 0.15) is 0 Å². The van der Waals surface area contributed by atoms with E-state index < -0.39 is 0 Å². The number of hydrogen-bond acceptors (Lipinski definition) is 4. The lowest BCUT2D eigenvalue weighted by molar-refractivity contribution is 0.0821. The molecule has 2 heterocycles. The summed E-state index contributed by atoms with van der Waals surface area (Å²) in [6, 6.07) is 6.16. The van der Waals surface area contributed by atoms with Crippen molar-refractivity contribution in [1.29, 1.82) is 0 Å². The monoisotopic (exact) mass is 257 g/mol. The lowest BCUT2D eigenvalue weighted by atomic mass is 10.1. The van der Waals surface area contributed by atoms with Crippen LogP contribution in [0.1, 0.15) is 13.3 Å². The predicted molar refractivity (Wildman–Crippen MR) is 78.4 cm³/mol. The van der Waals surface area contributed by atoms with Crippen LogP contribution in [0.25, 0.3) is 10.8 Å². The van der Waals surface area contributed by atoms with Crippen LogP contribution in [0.2, 0.25) is 0 Å². The Hall–Kier alpha value is -1.81. The Morgan fingerprint density at radius 3 is 3.16 bits per heavy atom. The summed E-state index contributed by atoms with van der Waals surface area (Å²) >= 11 is 0. The van der Waals surface area contributed by atoms with Gasteiger partial charge >= 0.3 is 0 Å². The quantitative estimate of drug-likeness (QED) is 0.797. The first kappa shape index (κ1) is 12.2. The highest BCUT2D eigenvalue weighted by molar-refractivity contribution is 5.98. The molecule has 100 valence electrons. The molecule has 0 amide bonds.